The summed E-state index contributed by atoms with van der Waals surface area (Å²) >= 11 is 0. The summed E-state index contributed by atoms with van der Waals surface area (Å²) in [5.41, 5.74) is 5.99. The maximum absolute atomic E-state index is 2.54. The molecule has 0 aromatic heterocycles. The number of fused-ring (bicyclic) bond motifs is 2. The van der Waals surface area contributed by atoms with Gasteiger partial charge in [-0.15, -0.1) is 0 Å². The van der Waals surface area contributed by atoms with Gasteiger partial charge in [0.15, 0.2) is 0 Å². The SMILES string of the molecule is CCc1cc2c3c(c4cc(C)cc5cc(CC)cc(c3c1)c54)=CC(C)(C)C2. The Labute approximate surface area is 161 Å². The number of hydrogen-bond donors (Lipinski definition) is 0. The Kier molecular flexibility index (Phi) is 3.47. The average molecular weight is 353 g/mol. The molecule has 5 rings (SSSR count). The van der Waals surface area contributed by atoms with Crippen molar-refractivity contribution in [2.75, 3.05) is 0 Å². The van der Waals surface area contributed by atoms with E-state index in [0.29, 0.717) is 0 Å². The second-order valence-electron chi connectivity index (χ2n) is 9.16. The molecule has 0 amide bonds. The maximum atomic E-state index is 2.54. The first-order valence-corrected chi connectivity index (χ1v) is 10.4. The van der Waals surface area contributed by atoms with E-state index in [-0.39, 0.29) is 5.41 Å². The van der Waals surface area contributed by atoms with Crippen LogP contribution >= 0.6 is 0 Å². The highest BCUT2D eigenvalue weighted by Gasteiger charge is 2.24. The lowest BCUT2D eigenvalue weighted by Crippen LogP contribution is -2.24. The molecule has 4 aromatic rings. The first kappa shape index (κ1) is 16.8. The topological polar surface area (TPSA) is 0 Å². The van der Waals surface area contributed by atoms with Crippen LogP contribution in [0.3, 0.4) is 0 Å². The third-order valence-corrected chi connectivity index (χ3v) is 6.38. The Morgan fingerprint density at radius 2 is 1.44 bits per heavy atom. The minimum atomic E-state index is 0.197. The summed E-state index contributed by atoms with van der Waals surface area (Å²) in [6.45, 7) is 11.5. The van der Waals surface area contributed by atoms with Crippen LogP contribution in [0.4, 0.5) is 0 Å². The van der Waals surface area contributed by atoms with E-state index in [0.717, 1.165) is 19.3 Å². The van der Waals surface area contributed by atoms with Crippen LogP contribution in [0.2, 0.25) is 0 Å². The molecule has 0 spiro atoms. The van der Waals surface area contributed by atoms with E-state index in [1.165, 1.54) is 59.8 Å². The molecule has 0 unspecified atom stereocenters. The van der Waals surface area contributed by atoms with Crippen molar-refractivity contribution in [1.82, 2.24) is 0 Å². The Balaban J connectivity index is 2.16. The van der Waals surface area contributed by atoms with E-state index < -0.39 is 0 Å². The highest BCUT2D eigenvalue weighted by atomic mass is 14.3. The van der Waals surface area contributed by atoms with Crippen LogP contribution in [0.15, 0.2) is 36.4 Å². The molecule has 0 fully saturated rings. The van der Waals surface area contributed by atoms with Crippen LogP contribution in [0.1, 0.15) is 49.9 Å². The van der Waals surface area contributed by atoms with Gasteiger partial charge in [0.25, 0.3) is 0 Å². The van der Waals surface area contributed by atoms with Gasteiger partial charge in [0.05, 0.1) is 0 Å². The van der Waals surface area contributed by atoms with Gasteiger partial charge < -0.3 is 0 Å². The predicted molar refractivity (Wildman–Crippen MR) is 120 cm³/mol. The lowest BCUT2D eigenvalue weighted by molar-refractivity contribution is 0.511. The van der Waals surface area contributed by atoms with Gasteiger partial charge in [0.2, 0.25) is 0 Å². The van der Waals surface area contributed by atoms with Gasteiger partial charge in [-0.25, -0.2) is 0 Å². The molecule has 27 heavy (non-hydrogen) atoms. The zero-order valence-corrected chi connectivity index (χ0v) is 17.2. The molecular formula is C27H28. The standard InChI is InChI=1S/C27H28/c1-6-17-10-19-8-16(3)9-21-24-15-27(4,5)14-20-11-18(7-2)13-23(26(20)24)22(12-17)25(19)21/h8-13,15H,6-7,14H2,1-5H3. The summed E-state index contributed by atoms with van der Waals surface area (Å²) in [5.74, 6) is 0. The van der Waals surface area contributed by atoms with E-state index in [9.17, 15) is 0 Å². The van der Waals surface area contributed by atoms with Crippen LogP contribution in [-0.4, -0.2) is 0 Å². The van der Waals surface area contributed by atoms with Crippen LogP contribution in [0.25, 0.3) is 38.4 Å². The van der Waals surface area contributed by atoms with Crippen LogP contribution in [-0.2, 0) is 19.3 Å². The Morgan fingerprint density at radius 3 is 2.15 bits per heavy atom. The van der Waals surface area contributed by atoms with Crippen molar-refractivity contribution in [3.8, 4) is 0 Å². The van der Waals surface area contributed by atoms with Gasteiger partial charge in [0.1, 0.15) is 0 Å². The van der Waals surface area contributed by atoms with Crippen molar-refractivity contribution in [1.29, 1.82) is 0 Å². The average Bonchev–Trinajstić information content (AvgIpc) is 2.63. The van der Waals surface area contributed by atoms with Gasteiger partial charge in [0, 0.05) is 0 Å². The molecule has 0 saturated carbocycles. The third-order valence-electron chi connectivity index (χ3n) is 6.38. The van der Waals surface area contributed by atoms with Gasteiger partial charge >= 0.3 is 0 Å². The summed E-state index contributed by atoms with van der Waals surface area (Å²) in [5, 5.41) is 10.2. The van der Waals surface area contributed by atoms with Crippen LogP contribution in [0.5, 0.6) is 0 Å². The van der Waals surface area contributed by atoms with Gasteiger partial charge in [-0.1, -0.05) is 70.2 Å². The molecule has 0 nitrogen and oxygen atoms in total. The normalized spacial score (nSPS) is 15.6. The van der Waals surface area contributed by atoms with Crippen LogP contribution in [0, 0.1) is 12.3 Å². The summed E-state index contributed by atoms with van der Waals surface area (Å²) in [7, 11) is 0. The largest absolute Gasteiger partial charge is 0.0700 e. The maximum Gasteiger partial charge on any atom is -0.00261 e. The van der Waals surface area contributed by atoms with E-state index in [1.54, 1.807) is 0 Å². The number of aryl methyl sites for hydroxylation is 3. The van der Waals surface area contributed by atoms with E-state index in [4.69, 9.17) is 0 Å². The monoisotopic (exact) mass is 352 g/mol. The highest BCUT2D eigenvalue weighted by Crippen LogP contribution is 2.39. The second-order valence-corrected chi connectivity index (χ2v) is 9.16. The highest BCUT2D eigenvalue weighted by molar-refractivity contribution is 6.23. The molecule has 0 heterocycles. The smallest absolute Gasteiger partial charge is 0.00261 e. The molecule has 0 bridgehead atoms. The first-order chi connectivity index (χ1) is 12.9. The second kappa shape index (κ2) is 5.58. The molecule has 0 atom stereocenters. The Morgan fingerprint density at radius 1 is 0.778 bits per heavy atom. The van der Waals surface area contributed by atoms with Crippen molar-refractivity contribution in [3.05, 3.63) is 63.9 Å². The molecule has 0 radical (unpaired) electrons. The number of benzene rings is 4. The molecule has 4 aromatic carbocycles. The molecule has 0 aliphatic heterocycles. The molecule has 0 heteroatoms. The summed E-state index contributed by atoms with van der Waals surface area (Å²) in [4.78, 5) is 0. The molecule has 1 aliphatic rings. The third kappa shape index (κ3) is 2.42. The Hall–Kier alpha value is -2.34. The lowest BCUT2D eigenvalue weighted by atomic mass is 9.76. The summed E-state index contributed by atoms with van der Waals surface area (Å²) < 4.78 is 0. The molecule has 1 aliphatic carbocycles. The van der Waals surface area contributed by atoms with E-state index >= 15 is 0 Å². The van der Waals surface area contributed by atoms with Crippen molar-refractivity contribution in [2.24, 2.45) is 5.41 Å². The minimum Gasteiger partial charge on any atom is -0.0700 e. The summed E-state index contributed by atoms with van der Waals surface area (Å²) in [6.07, 6.45) is 5.84. The van der Waals surface area contributed by atoms with Gasteiger partial charge in [-0.2, -0.15) is 0 Å². The quantitative estimate of drug-likeness (QED) is 0.279. The zero-order valence-electron chi connectivity index (χ0n) is 17.2. The van der Waals surface area contributed by atoms with Crippen molar-refractivity contribution >= 4 is 38.4 Å². The predicted octanol–water partition coefficient (Wildman–Crippen LogP) is 6.66. The van der Waals surface area contributed by atoms with Crippen molar-refractivity contribution in [2.45, 2.75) is 53.9 Å². The summed E-state index contributed by atoms with van der Waals surface area (Å²) in [6, 6.07) is 14.6. The molecular weight excluding hydrogens is 324 g/mol. The minimum absolute atomic E-state index is 0.197. The zero-order chi connectivity index (χ0) is 18.9. The van der Waals surface area contributed by atoms with Gasteiger partial charge in [-0.3, -0.25) is 0 Å². The Bertz CT molecular complexity index is 1290. The van der Waals surface area contributed by atoms with Crippen LogP contribution < -0.4 is 5.22 Å². The fourth-order valence-electron chi connectivity index (χ4n) is 5.22. The molecule has 136 valence electrons. The van der Waals surface area contributed by atoms with E-state index in [1.807, 2.05) is 0 Å². The van der Waals surface area contributed by atoms with Crippen molar-refractivity contribution < 1.29 is 0 Å². The van der Waals surface area contributed by atoms with E-state index in [2.05, 4.69) is 77.1 Å². The fraction of sp³-hybridized carbons (Fsp3) is 0.333. The molecule has 0 N–H and O–H groups in total. The number of rotatable bonds is 2. The molecule has 0 saturated heterocycles. The van der Waals surface area contributed by atoms with Gasteiger partial charge in [-0.05, 0) is 91.4 Å². The first-order valence-electron chi connectivity index (χ1n) is 10.4. The lowest BCUT2D eigenvalue weighted by Gasteiger charge is -2.28. The number of hydrogen-bond acceptors (Lipinski definition) is 0. The van der Waals surface area contributed by atoms with Crippen molar-refractivity contribution in [3.63, 3.8) is 0 Å². The fourth-order valence-corrected chi connectivity index (χ4v) is 5.22.